The quantitative estimate of drug-likeness (QED) is 0.181. The summed E-state index contributed by atoms with van der Waals surface area (Å²) in [5.41, 5.74) is 9.88. The third-order valence-electron chi connectivity index (χ3n) is 9.44. The summed E-state index contributed by atoms with van der Waals surface area (Å²) >= 11 is 0. The molecule has 0 saturated carbocycles. The fraction of sp³-hybridized carbons (Fsp3) is 0. The Labute approximate surface area is 268 Å². The van der Waals surface area contributed by atoms with E-state index in [9.17, 15) is 0 Å². The van der Waals surface area contributed by atoms with Gasteiger partial charge in [0, 0.05) is 0 Å². The molecule has 0 N–H and O–H groups in total. The van der Waals surface area contributed by atoms with E-state index in [2.05, 4.69) is 182 Å². The summed E-state index contributed by atoms with van der Waals surface area (Å²) in [7, 11) is 0. The average Bonchev–Trinajstić information content (AvgIpc) is 3.14. The Morgan fingerprint density at radius 1 is 0.174 bits per heavy atom. The van der Waals surface area contributed by atoms with Gasteiger partial charge in [-0.05, 0) is 112 Å². The lowest BCUT2D eigenvalue weighted by Crippen LogP contribution is -1.84. The van der Waals surface area contributed by atoms with Gasteiger partial charge in [0.25, 0.3) is 0 Å². The molecule has 0 aliphatic carbocycles. The van der Waals surface area contributed by atoms with Crippen molar-refractivity contribution in [3.05, 3.63) is 182 Å². The van der Waals surface area contributed by atoms with Crippen LogP contribution in [0.15, 0.2) is 182 Å². The lowest BCUT2D eigenvalue weighted by atomic mass is 9.94. The second-order valence-corrected chi connectivity index (χ2v) is 12.2. The van der Waals surface area contributed by atoms with E-state index in [4.69, 9.17) is 0 Å². The van der Waals surface area contributed by atoms with Crippen LogP contribution in [0.3, 0.4) is 0 Å². The van der Waals surface area contributed by atoms with E-state index in [1.807, 2.05) is 0 Å². The summed E-state index contributed by atoms with van der Waals surface area (Å²) in [6.07, 6.45) is 0. The molecule has 0 radical (unpaired) electrons. The average molecular weight is 583 g/mol. The smallest absolute Gasteiger partial charge is 0.0105 e. The van der Waals surface area contributed by atoms with Crippen LogP contribution in [-0.2, 0) is 0 Å². The fourth-order valence-electron chi connectivity index (χ4n) is 6.88. The van der Waals surface area contributed by atoms with Crippen LogP contribution in [0.1, 0.15) is 0 Å². The monoisotopic (exact) mass is 582 g/mol. The summed E-state index contributed by atoms with van der Waals surface area (Å²) < 4.78 is 0. The van der Waals surface area contributed by atoms with Crippen molar-refractivity contribution in [2.24, 2.45) is 0 Å². The first kappa shape index (κ1) is 26.4. The minimum absolute atomic E-state index is 1.23. The van der Waals surface area contributed by atoms with Gasteiger partial charge in [0.2, 0.25) is 0 Å². The van der Waals surface area contributed by atoms with Crippen molar-refractivity contribution in [3.63, 3.8) is 0 Å². The molecule has 0 heterocycles. The molecule has 0 heteroatoms. The zero-order valence-corrected chi connectivity index (χ0v) is 25.3. The molecule has 0 bridgehead atoms. The van der Waals surface area contributed by atoms with Crippen LogP contribution in [-0.4, -0.2) is 0 Å². The van der Waals surface area contributed by atoms with Crippen LogP contribution >= 0.6 is 0 Å². The molecule has 0 aliphatic heterocycles. The SMILES string of the molecule is c1ccc2cc(-c3ccc(-c4ccc5cc(-c6ccc(-c7ccc8c(ccc9ccccc98)c7)cc6)ccc5c4)cc3)ccc2c1. The Morgan fingerprint density at radius 2 is 0.478 bits per heavy atom. The van der Waals surface area contributed by atoms with Gasteiger partial charge in [0.05, 0.1) is 0 Å². The van der Waals surface area contributed by atoms with E-state index in [0.717, 1.165) is 0 Å². The molecule has 46 heavy (non-hydrogen) atoms. The lowest BCUT2D eigenvalue weighted by molar-refractivity contribution is 1.60. The van der Waals surface area contributed by atoms with Crippen molar-refractivity contribution < 1.29 is 0 Å². The molecule has 0 amide bonds. The Balaban J connectivity index is 0.963. The summed E-state index contributed by atoms with van der Waals surface area (Å²) in [6, 6.07) is 66.6. The van der Waals surface area contributed by atoms with Crippen LogP contribution in [0.2, 0.25) is 0 Å². The van der Waals surface area contributed by atoms with Crippen molar-refractivity contribution in [1.29, 1.82) is 0 Å². The minimum atomic E-state index is 1.23. The van der Waals surface area contributed by atoms with Gasteiger partial charge >= 0.3 is 0 Å². The Hall–Kier alpha value is -5.98. The van der Waals surface area contributed by atoms with Gasteiger partial charge in [0.15, 0.2) is 0 Å². The third kappa shape index (κ3) is 4.72. The molecule has 0 aromatic heterocycles. The van der Waals surface area contributed by atoms with Crippen LogP contribution in [0, 0.1) is 0 Å². The largest absolute Gasteiger partial charge is 0.0616 e. The highest BCUT2D eigenvalue weighted by atomic mass is 14.1. The van der Waals surface area contributed by atoms with Gasteiger partial charge in [-0.15, -0.1) is 0 Å². The molecule has 9 aromatic carbocycles. The number of benzene rings is 9. The zero-order chi connectivity index (χ0) is 30.5. The molecule has 9 rings (SSSR count). The molecule has 0 atom stereocenters. The topological polar surface area (TPSA) is 0 Å². The molecule has 0 saturated heterocycles. The number of hydrogen-bond acceptors (Lipinski definition) is 0. The number of rotatable bonds is 4. The van der Waals surface area contributed by atoms with E-state index >= 15 is 0 Å². The molecule has 0 nitrogen and oxygen atoms in total. The highest BCUT2D eigenvalue weighted by molar-refractivity contribution is 6.08. The zero-order valence-electron chi connectivity index (χ0n) is 25.3. The van der Waals surface area contributed by atoms with E-state index in [1.165, 1.54) is 87.6 Å². The van der Waals surface area contributed by atoms with Crippen LogP contribution in [0.5, 0.6) is 0 Å². The van der Waals surface area contributed by atoms with Gasteiger partial charge < -0.3 is 0 Å². The summed E-state index contributed by atoms with van der Waals surface area (Å²) in [6.45, 7) is 0. The van der Waals surface area contributed by atoms with Gasteiger partial charge in [-0.2, -0.15) is 0 Å². The van der Waals surface area contributed by atoms with E-state index in [0.29, 0.717) is 0 Å². The Kier molecular flexibility index (Phi) is 6.25. The predicted octanol–water partition coefficient (Wildman–Crippen LogP) is 13.0. The van der Waals surface area contributed by atoms with Gasteiger partial charge in [0.1, 0.15) is 0 Å². The maximum atomic E-state index is 2.31. The third-order valence-corrected chi connectivity index (χ3v) is 9.44. The van der Waals surface area contributed by atoms with Crippen LogP contribution in [0.25, 0.3) is 87.6 Å². The standard InChI is InChI=1S/C46H30/c1-2-7-37-27-38(19-17-31(37)5-1)32-9-11-33(12-10-32)39-20-22-43-29-40(21-23-42(43)28-39)34-13-15-35(16-14-34)41-25-26-46-44(30-41)24-18-36-6-3-4-8-45(36)46/h1-30H. The van der Waals surface area contributed by atoms with Crippen LogP contribution < -0.4 is 0 Å². The van der Waals surface area contributed by atoms with Crippen molar-refractivity contribution >= 4 is 43.1 Å². The summed E-state index contributed by atoms with van der Waals surface area (Å²) in [4.78, 5) is 0. The molecule has 214 valence electrons. The molecular formula is C46H30. The highest BCUT2D eigenvalue weighted by Gasteiger charge is 2.07. The Bertz CT molecular complexity index is 2550. The molecule has 9 aromatic rings. The molecular weight excluding hydrogens is 553 g/mol. The van der Waals surface area contributed by atoms with Crippen molar-refractivity contribution in [2.75, 3.05) is 0 Å². The second-order valence-electron chi connectivity index (χ2n) is 12.2. The first-order chi connectivity index (χ1) is 22.7. The van der Waals surface area contributed by atoms with E-state index in [-0.39, 0.29) is 0 Å². The fourth-order valence-corrected chi connectivity index (χ4v) is 6.88. The van der Waals surface area contributed by atoms with E-state index in [1.54, 1.807) is 0 Å². The molecule has 0 unspecified atom stereocenters. The minimum Gasteiger partial charge on any atom is -0.0616 e. The maximum Gasteiger partial charge on any atom is -0.0105 e. The Morgan fingerprint density at radius 3 is 1.02 bits per heavy atom. The molecule has 0 aliphatic rings. The maximum absolute atomic E-state index is 2.31. The van der Waals surface area contributed by atoms with E-state index < -0.39 is 0 Å². The van der Waals surface area contributed by atoms with Gasteiger partial charge in [-0.1, -0.05) is 158 Å². The highest BCUT2D eigenvalue weighted by Crippen LogP contribution is 2.33. The van der Waals surface area contributed by atoms with Crippen molar-refractivity contribution in [2.45, 2.75) is 0 Å². The second kappa shape index (κ2) is 10.9. The predicted molar refractivity (Wildman–Crippen MR) is 198 cm³/mol. The van der Waals surface area contributed by atoms with Crippen molar-refractivity contribution in [1.82, 2.24) is 0 Å². The first-order valence-corrected chi connectivity index (χ1v) is 15.9. The summed E-state index contributed by atoms with van der Waals surface area (Å²) in [5.74, 6) is 0. The first-order valence-electron chi connectivity index (χ1n) is 15.9. The molecule has 0 spiro atoms. The van der Waals surface area contributed by atoms with Gasteiger partial charge in [-0.25, -0.2) is 0 Å². The molecule has 0 fully saturated rings. The number of fused-ring (bicyclic) bond motifs is 5. The van der Waals surface area contributed by atoms with Crippen LogP contribution in [0.4, 0.5) is 0 Å². The van der Waals surface area contributed by atoms with Gasteiger partial charge in [-0.3, -0.25) is 0 Å². The number of hydrogen-bond donors (Lipinski definition) is 0. The lowest BCUT2D eigenvalue weighted by Gasteiger charge is -2.10. The summed E-state index contributed by atoms with van der Waals surface area (Å²) in [5, 5.41) is 10.2. The van der Waals surface area contributed by atoms with Crippen molar-refractivity contribution in [3.8, 4) is 44.5 Å². The normalized spacial score (nSPS) is 11.5.